The molecule has 24 heavy (non-hydrogen) atoms. The summed E-state index contributed by atoms with van der Waals surface area (Å²) in [6.07, 6.45) is 3.70. The molecule has 0 spiro atoms. The first-order valence-electron chi connectivity index (χ1n) is 9.18. The van der Waals surface area contributed by atoms with Gasteiger partial charge in [0, 0.05) is 32.7 Å². The number of nitrogens with one attached hydrogen (secondary N) is 1. The Morgan fingerprint density at radius 3 is 2.67 bits per heavy atom. The van der Waals surface area contributed by atoms with Crippen LogP contribution in [0, 0.1) is 5.92 Å². The second kappa shape index (κ2) is 8.05. The maximum absolute atomic E-state index is 10.5. The molecule has 4 nitrogen and oxygen atoms in total. The molecule has 3 rings (SSSR count). The summed E-state index contributed by atoms with van der Waals surface area (Å²) in [4.78, 5) is 2.41. The van der Waals surface area contributed by atoms with Crippen molar-refractivity contribution in [2.24, 2.45) is 5.92 Å². The molecule has 2 aliphatic rings. The molecule has 1 aliphatic heterocycles. The van der Waals surface area contributed by atoms with E-state index in [9.17, 15) is 10.2 Å². The largest absolute Gasteiger partial charge is 0.506 e. The molecule has 3 N–H and O–H groups in total. The zero-order chi connectivity index (χ0) is 17.1. The van der Waals surface area contributed by atoms with Crippen molar-refractivity contribution >= 4 is 11.6 Å². The van der Waals surface area contributed by atoms with Crippen LogP contribution in [0.2, 0.25) is 5.02 Å². The summed E-state index contributed by atoms with van der Waals surface area (Å²) in [6, 6.07) is 4.00. The van der Waals surface area contributed by atoms with Gasteiger partial charge < -0.3 is 15.5 Å². The van der Waals surface area contributed by atoms with Crippen LogP contribution < -0.4 is 5.32 Å². The number of piperazine rings is 1. The molecule has 0 aromatic heterocycles. The second-order valence-electron chi connectivity index (χ2n) is 7.36. The Morgan fingerprint density at radius 1 is 1.21 bits per heavy atom. The van der Waals surface area contributed by atoms with Crippen LogP contribution in [0.1, 0.15) is 49.7 Å². The molecule has 1 aliphatic carbocycles. The Balaban J connectivity index is 1.85. The SMILES string of the molecule is CC1C(c2cc(CN3CCNCC3)cc(Cl)c2O)CCCC[C@H]1O. The Morgan fingerprint density at radius 2 is 1.92 bits per heavy atom. The van der Waals surface area contributed by atoms with Gasteiger partial charge in [0.2, 0.25) is 0 Å². The molecular formula is C19H29ClN2O2. The van der Waals surface area contributed by atoms with Gasteiger partial charge in [-0.2, -0.15) is 0 Å². The Bertz CT molecular complexity index is 561. The summed E-state index contributed by atoms with van der Waals surface area (Å²) < 4.78 is 0. The Labute approximate surface area is 149 Å². The molecule has 2 unspecified atom stereocenters. The number of phenolic OH excluding ortho intramolecular Hbond substituents is 1. The maximum atomic E-state index is 10.5. The van der Waals surface area contributed by atoms with Crippen LogP contribution in [0.5, 0.6) is 5.75 Å². The fraction of sp³-hybridized carbons (Fsp3) is 0.684. The zero-order valence-electron chi connectivity index (χ0n) is 14.5. The van der Waals surface area contributed by atoms with Gasteiger partial charge in [0.15, 0.2) is 0 Å². The van der Waals surface area contributed by atoms with Gasteiger partial charge in [0.25, 0.3) is 0 Å². The normalized spacial score (nSPS) is 29.4. The van der Waals surface area contributed by atoms with E-state index in [0.29, 0.717) is 5.02 Å². The molecular weight excluding hydrogens is 324 g/mol. The number of nitrogens with zero attached hydrogens (tertiary/aromatic N) is 1. The van der Waals surface area contributed by atoms with E-state index in [1.165, 1.54) is 0 Å². The topological polar surface area (TPSA) is 55.7 Å². The van der Waals surface area contributed by atoms with Crippen molar-refractivity contribution in [2.45, 2.75) is 51.2 Å². The Kier molecular flexibility index (Phi) is 6.03. The van der Waals surface area contributed by atoms with E-state index in [2.05, 4.69) is 23.2 Å². The lowest BCUT2D eigenvalue weighted by Gasteiger charge is -2.29. The van der Waals surface area contributed by atoms with Crippen LogP contribution in [0.4, 0.5) is 0 Å². The van der Waals surface area contributed by atoms with Crippen molar-refractivity contribution in [3.8, 4) is 5.75 Å². The van der Waals surface area contributed by atoms with Gasteiger partial charge in [-0.25, -0.2) is 0 Å². The summed E-state index contributed by atoms with van der Waals surface area (Å²) in [7, 11) is 0. The Hall–Kier alpha value is -0.810. The lowest BCUT2D eigenvalue weighted by Crippen LogP contribution is -2.42. The van der Waals surface area contributed by atoms with Gasteiger partial charge in [0.05, 0.1) is 11.1 Å². The minimum absolute atomic E-state index is 0.143. The van der Waals surface area contributed by atoms with Crippen LogP contribution in [0.3, 0.4) is 0 Å². The van der Waals surface area contributed by atoms with Crippen molar-refractivity contribution in [1.29, 1.82) is 0 Å². The molecule has 3 atom stereocenters. The van der Waals surface area contributed by atoms with E-state index in [1.54, 1.807) is 0 Å². The number of hydrogen-bond acceptors (Lipinski definition) is 4. The second-order valence-corrected chi connectivity index (χ2v) is 7.77. The highest BCUT2D eigenvalue weighted by Crippen LogP contribution is 2.43. The molecule has 2 fully saturated rings. The third kappa shape index (κ3) is 4.05. The molecule has 5 heteroatoms. The molecule has 1 heterocycles. The van der Waals surface area contributed by atoms with Crippen molar-refractivity contribution < 1.29 is 10.2 Å². The van der Waals surface area contributed by atoms with Crippen LogP contribution >= 0.6 is 11.6 Å². The van der Waals surface area contributed by atoms with Crippen molar-refractivity contribution in [2.75, 3.05) is 26.2 Å². The van der Waals surface area contributed by atoms with Gasteiger partial charge in [-0.05, 0) is 41.9 Å². The minimum atomic E-state index is -0.299. The molecule has 1 saturated heterocycles. The summed E-state index contributed by atoms with van der Waals surface area (Å²) in [5.41, 5.74) is 2.07. The minimum Gasteiger partial charge on any atom is -0.506 e. The quantitative estimate of drug-likeness (QED) is 0.732. The van der Waals surface area contributed by atoms with Gasteiger partial charge in [-0.3, -0.25) is 4.90 Å². The van der Waals surface area contributed by atoms with E-state index in [-0.39, 0.29) is 23.7 Å². The number of aliphatic hydroxyl groups is 1. The first-order valence-corrected chi connectivity index (χ1v) is 9.56. The molecule has 1 aromatic rings. The van der Waals surface area contributed by atoms with Crippen LogP contribution in [0.25, 0.3) is 0 Å². The standard InChI is InChI=1S/C19H29ClN2O2/c1-13-15(4-2-3-5-18(13)23)16-10-14(11-17(20)19(16)24)12-22-8-6-21-7-9-22/h10-11,13,15,18,21,23-24H,2-9,12H2,1H3/t13?,15?,18-/m1/s1. The number of hydrogen-bond donors (Lipinski definition) is 3. The summed E-state index contributed by atoms with van der Waals surface area (Å²) in [5.74, 6) is 0.513. The molecule has 1 aromatic carbocycles. The van der Waals surface area contributed by atoms with E-state index in [4.69, 9.17) is 11.6 Å². The average Bonchev–Trinajstić information content (AvgIpc) is 2.74. The predicted molar refractivity (Wildman–Crippen MR) is 97.6 cm³/mol. The number of rotatable bonds is 3. The van der Waals surface area contributed by atoms with Gasteiger partial charge in [0.1, 0.15) is 5.75 Å². The van der Waals surface area contributed by atoms with E-state index < -0.39 is 0 Å². The molecule has 1 saturated carbocycles. The van der Waals surface area contributed by atoms with Crippen LogP contribution in [0.15, 0.2) is 12.1 Å². The predicted octanol–water partition coefficient (Wildman–Crippen LogP) is 3.11. The third-order valence-electron chi connectivity index (χ3n) is 5.67. The smallest absolute Gasteiger partial charge is 0.137 e. The number of phenols is 1. The van der Waals surface area contributed by atoms with E-state index >= 15 is 0 Å². The zero-order valence-corrected chi connectivity index (χ0v) is 15.2. The number of aromatic hydroxyl groups is 1. The fourth-order valence-electron chi connectivity index (χ4n) is 4.13. The summed E-state index contributed by atoms with van der Waals surface area (Å²) in [6.45, 7) is 7.06. The third-order valence-corrected chi connectivity index (χ3v) is 5.96. The average molecular weight is 353 g/mol. The molecule has 0 amide bonds. The first-order chi connectivity index (χ1) is 11.6. The first kappa shape index (κ1) is 18.0. The monoisotopic (exact) mass is 352 g/mol. The van der Waals surface area contributed by atoms with Gasteiger partial charge in [-0.15, -0.1) is 0 Å². The van der Waals surface area contributed by atoms with Crippen molar-refractivity contribution in [3.63, 3.8) is 0 Å². The molecule has 134 valence electrons. The summed E-state index contributed by atoms with van der Waals surface area (Å²) in [5, 5.41) is 24.7. The number of halogens is 1. The fourth-order valence-corrected chi connectivity index (χ4v) is 4.38. The lowest BCUT2D eigenvalue weighted by molar-refractivity contribution is 0.100. The highest BCUT2D eigenvalue weighted by molar-refractivity contribution is 6.32. The van der Waals surface area contributed by atoms with E-state index in [0.717, 1.165) is 69.5 Å². The van der Waals surface area contributed by atoms with Gasteiger partial charge >= 0.3 is 0 Å². The van der Waals surface area contributed by atoms with Crippen LogP contribution in [-0.4, -0.2) is 47.4 Å². The highest BCUT2D eigenvalue weighted by atomic mass is 35.5. The molecule has 0 radical (unpaired) electrons. The molecule has 0 bridgehead atoms. The van der Waals surface area contributed by atoms with Gasteiger partial charge in [-0.1, -0.05) is 37.4 Å². The van der Waals surface area contributed by atoms with Crippen molar-refractivity contribution in [1.82, 2.24) is 10.2 Å². The number of aliphatic hydroxyl groups excluding tert-OH is 1. The van der Waals surface area contributed by atoms with E-state index in [1.807, 2.05) is 6.07 Å². The van der Waals surface area contributed by atoms with Crippen LogP contribution in [-0.2, 0) is 6.54 Å². The maximum Gasteiger partial charge on any atom is 0.137 e. The summed E-state index contributed by atoms with van der Waals surface area (Å²) >= 11 is 6.34. The number of benzene rings is 1. The lowest BCUT2D eigenvalue weighted by atomic mass is 9.81. The highest BCUT2D eigenvalue weighted by Gasteiger charge is 2.30. The van der Waals surface area contributed by atoms with Crippen molar-refractivity contribution in [3.05, 3.63) is 28.3 Å².